The highest BCUT2D eigenvalue weighted by Gasteiger charge is 2.12. The average Bonchev–Trinajstić information content (AvgIpc) is 2.73. The molecule has 1 aliphatic heterocycles. The van der Waals surface area contributed by atoms with E-state index in [2.05, 4.69) is 21.6 Å². The second kappa shape index (κ2) is 10.6. The van der Waals surface area contributed by atoms with Crippen molar-refractivity contribution in [2.75, 3.05) is 38.2 Å². The number of anilines is 1. The van der Waals surface area contributed by atoms with Crippen LogP contribution in [0, 0.1) is 11.3 Å². The Hall–Kier alpha value is -2.72. The van der Waals surface area contributed by atoms with Gasteiger partial charge in [-0.3, -0.25) is 9.69 Å². The third-order valence-corrected chi connectivity index (χ3v) is 4.68. The van der Waals surface area contributed by atoms with Crippen LogP contribution in [-0.2, 0) is 22.6 Å². The highest BCUT2D eigenvalue weighted by molar-refractivity contribution is 5.90. The second-order valence-corrected chi connectivity index (χ2v) is 6.87. The fourth-order valence-corrected chi connectivity index (χ4v) is 3.17. The highest BCUT2D eigenvalue weighted by Crippen LogP contribution is 2.12. The number of carbonyl (C=O) groups excluding carboxylic acids is 1. The van der Waals surface area contributed by atoms with Crippen LogP contribution in [0.25, 0.3) is 0 Å². The van der Waals surface area contributed by atoms with E-state index in [9.17, 15) is 4.79 Å². The zero-order chi connectivity index (χ0) is 19.6. The summed E-state index contributed by atoms with van der Waals surface area (Å²) in [5.41, 5.74) is 3.66. The van der Waals surface area contributed by atoms with Crippen molar-refractivity contribution in [1.82, 2.24) is 10.2 Å². The maximum atomic E-state index is 12.2. The minimum atomic E-state index is 0.0323. The Bertz CT molecular complexity index is 825. The topological polar surface area (TPSA) is 77.4 Å². The van der Waals surface area contributed by atoms with Crippen LogP contribution < -0.4 is 10.6 Å². The smallest absolute Gasteiger partial charge is 0.225 e. The number of benzene rings is 2. The molecular formula is C22H26N4O2. The second-order valence-electron chi connectivity index (χ2n) is 6.87. The quantitative estimate of drug-likeness (QED) is 0.738. The minimum absolute atomic E-state index is 0.0323. The van der Waals surface area contributed by atoms with Gasteiger partial charge in [0.2, 0.25) is 5.91 Å². The number of ether oxygens (including phenoxy) is 1. The molecule has 28 heavy (non-hydrogen) atoms. The maximum Gasteiger partial charge on any atom is 0.225 e. The summed E-state index contributed by atoms with van der Waals surface area (Å²) in [6.45, 7) is 5.42. The minimum Gasteiger partial charge on any atom is -0.379 e. The van der Waals surface area contributed by atoms with Crippen molar-refractivity contribution >= 4 is 11.6 Å². The number of hydrogen-bond donors (Lipinski definition) is 2. The molecule has 1 amide bonds. The molecule has 0 aromatic heterocycles. The number of nitrogens with zero attached hydrogens (tertiary/aromatic N) is 2. The van der Waals surface area contributed by atoms with E-state index in [1.165, 1.54) is 0 Å². The van der Waals surface area contributed by atoms with Gasteiger partial charge in [-0.1, -0.05) is 24.3 Å². The first-order valence-electron chi connectivity index (χ1n) is 9.61. The van der Waals surface area contributed by atoms with Gasteiger partial charge in [0.15, 0.2) is 0 Å². The van der Waals surface area contributed by atoms with E-state index in [-0.39, 0.29) is 5.91 Å². The van der Waals surface area contributed by atoms with Crippen molar-refractivity contribution in [3.63, 3.8) is 0 Å². The Morgan fingerprint density at radius 3 is 2.54 bits per heavy atom. The first-order chi connectivity index (χ1) is 13.7. The number of nitriles is 1. The Morgan fingerprint density at radius 2 is 1.79 bits per heavy atom. The summed E-state index contributed by atoms with van der Waals surface area (Å²) in [4.78, 5) is 14.5. The summed E-state index contributed by atoms with van der Waals surface area (Å²) in [5, 5.41) is 15.3. The van der Waals surface area contributed by atoms with E-state index < -0.39 is 0 Å². The van der Waals surface area contributed by atoms with Gasteiger partial charge in [-0.15, -0.1) is 0 Å². The van der Waals surface area contributed by atoms with Crippen LogP contribution in [0.1, 0.15) is 23.1 Å². The molecule has 0 bridgehead atoms. The SMILES string of the molecule is N#Cc1cccc(CNCc2cccc(NC(=O)CCN3CCOCC3)c2)c1. The zero-order valence-corrected chi connectivity index (χ0v) is 16.0. The normalized spacial score (nSPS) is 14.4. The number of morpholine rings is 1. The van der Waals surface area contributed by atoms with Gasteiger partial charge in [-0.05, 0) is 35.4 Å². The van der Waals surface area contributed by atoms with Crippen molar-refractivity contribution in [2.24, 2.45) is 0 Å². The molecule has 6 heteroatoms. The zero-order valence-electron chi connectivity index (χ0n) is 16.0. The van der Waals surface area contributed by atoms with Crippen LogP contribution in [0.4, 0.5) is 5.69 Å². The summed E-state index contributed by atoms with van der Waals surface area (Å²) in [5.74, 6) is 0.0323. The number of amides is 1. The van der Waals surface area contributed by atoms with Crippen LogP contribution in [0.3, 0.4) is 0 Å². The van der Waals surface area contributed by atoms with E-state index in [1.807, 2.05) is 42.5 Å². The molecule has 1 saturated heterocycles. The number of rotatable bonds is 8. The molecule has 2 aromatic carbocycles. The Balaban J connectivity index is 1.44. The van der Waals surface area contributed by atoms with Crippen molar-refractivity contribution in [3.05, 3.63) is 65.2 Å². The van der Waals surface area contributed by atoms with Crippen molar-refractivity contribution < 1.29 is 9.53 Å². The molecule has 2 N–H and O–H groups in total. The van der Waals surface area contributed by atoms with Crippen molar-refractivity contribution in [2.45, 2.75) is 19.5 Å². The van der Waals surface area contributed by atoms with Crippen LogP contribution in [0.2, 0.25) is 0 Å². The molecule has 0 spiro atoms. The molecule has 2 aromatic rings. The van der Waals surface area contributed by atoms with Gasteiger partial charge in [0.05, 0.1) is 24.8 Å². The van der Waals surface area contributed by atoms with Crippen molar-refractivity contribution in [3.8, 4) is 6.07 Å². The molecule has 1 aliphatic rings. The Morgan fingerprint density at radius 1 is 1.07 bits per heavy atom. The van der Waals surface area contributed by atoms with E-state index in [1.54, 1.807) is 6.07 Å². The monoisotopic (exact) mass is 378 g/mol. The summed E-state index contributed by atoms with van der Waals surface area (Å²) < 4.78 is 5.32. The van der Waals surface area contributed by atoms with Gasteiger partial charge in [-0.25, -0.2) is 0 Å². The first kappa shape index (κ1) is 20.0. The molecule has 0 unspecified atom stereocenters. The lowest BCUT2D eigenvalue weighted by Gasteiger charge is -2.26. The first-order valence-corrected chi connectivity index (χ1v) is 9.61. The average molecular weight is 378 g/mol. The number of nitrogens with one attached hydrogen (secondary N) is 2. The molecule has 146 valence electrons. The molecule has 1 fully saturated rings. The van der Waals surface area contributed by atoms with E-state index in [0.29, 0.717) is 25.1 Å². The van der Waals surface area contributed by atoms with Gasteiger partial charge in [0.1, 0.15) is 0 Å². The lowest BCUT2D eigenvalue weighted by atomic mass is 10.1. The number of hydrogen-bond acceptors (Lipinski definition) is 5. The van der Waals surface area contributed by atoms with Gasteiger partial charge in [-0.2, -0.15) is 5.26 Å². The maximum absolute atomic E-state index is 12.2. The molecule has 6 nitrogen and oxygen atoms in total. The van der Waals surface area contributed by atoms with Gasteiger partial charge in [0.25, 0.3) is 0 Å². The molecular weight excluding hydrogens is 352 g/mol. The van der Waals surface area contributed by atoms with E-state index in [0.717, 1.165) is 49.7 Å². The third-order valence-electron chi connectivity index (χ3n) is 4.68. The molecule has 3 rings (SSSR count). The van der Waals surface area contributed by atoms with E-state index >= 15 is 0 Å². The lowest BCUT2D eigenvalue weighted by molar-refractivity contribution is -0.116. The van der Waals surface area contributed by atoms with Crippen LogP contribution >= 0.6 is 0 Å². The third kappa shape index (κ3) is 6.46. The fraction of sp³-hybridized carbons (Fsp3) is 0.364. The van der Waals surface area contributed by atoms with Crippen molar-refractivity contribution in [1.29, 1.82) is 5.26 Å². The molecule has 0 aliphatic carbocycles. The largest absolute Gasteiger partial charge is 0.379 e. The molecule has 1 heterocycles. The van der Waals surface area contributed by atoms with Gasteiger partial charge < -0.3 is 15.4 Å². The fourth-order valence-electron chi connectivity index (χ4n) is 3.17. The summed E-state index contributed by atoms with van der Waals surface area (Å²) in [6.07, 6.45) is 0.484. The predicted octanol–water partition coefficient (Wildman–Crippen LogP) is 2.51. The van der Waals surface area contributed by atoms with Gasteiger partial charge in [0, 0.05) is 44.8 Å². The molecule has 0 radical (unpaired) electrons. The molecule has 0 saturated carbocycles. The number of carbonyl (C=O) groups is 1. The summed E-state index contributed by atoms with van der Waals surface area (Å²) >= 11 is 0. The summed E-state index contributed by atoms with van der Waals surface area (Å²) in [6, 6.07) is 17.6. The Kier molecular flexibility index (Phi) is 7.56. The predicted molar refractivity (Wildman–Crippen MR) is 109 cm³/mol. The lowest BCUT2D eigenvalue weighted by Crippen LogP contribution is -2.38. The van der Waals surface area contributed by atoms with E-state index in [4.69, 9.17) is 10.00 Å². The molecule has 0 atom stereocenters. The van der Waals surface area contributed by atoms with Gasteiger partial charge >= 0.3 is 0 Å². The highest BCUT2D eigenvalue weighted by atomic mass is 16.5. The van der Waals surface area contributed by atoms with Crippen LogP contribution in [0.5, 0.6) is 0 Å². The summed E-state index contributed by atoms with van der Waals surface area (Å²) in [7, 11) is 0. The standard InChI is InChI=1S/C22H26N4O2/c23-15-18-3-1-4-19(13-18)16-24-17-20-5-2-6-21(14-20)25-22(27)7-8-26-9-11-28-12-10-26/h1-6,13-14,24H,7-12,16-17H2,(H,25,27). The van der Waals surface area contributed by atoms with Crippen LogP contribution in [-0.4, -0.2) is 43.7 Å². The van der Waals surface area contributed by atoms with Crippen LogP contribution in [0.15, 0.2) is 48.5 Å². The Labute approximate surface area is 166 Å².